The van der Waals surface area contributed by atoms with Crippen molar-refractivity contribution in [2.75, 3.05) is 5.45 Å². The Morgan fingerprint density at radius 2 is 1.68 bits per heavy atom. The second-order valence-electron chi connectivity index (χ2n) is 9.48. The molecule has 6 atom stereocenters. The van der Waals surface area contributed by atoms with E-state index >= 15 is 0 Å². The smallest absolute Gasteiger partial charge is 0.257 e. The zero-order valence-corrected chi connectivity index (χ0v) is 21.3. The van der Waals surface area contributed by atoms with Crippen LogP contribution in [0.25, 0.3) is 0 Å². The van der Waals surface area contributed by atoms with E-state index in [0.717, 1.165) is 4.90 Å². The first kappa shape index (κ1) is 23.8. The van der Waals surface area contributed by atoms with Gasteiger partial charge in [0.1, 0.15) is 5.75 Å². The highest BCUT2D eigenvalue weighted by atomic mass is 79.9. The Labute approximate surface area is 213 Å². The van der Waals surface area contributed by atoms with Crippen molar-refractivity contribution in [2.45, 2.75) is 42.4 Å². The third kappa shape index (κ3) is 2.69. The number of nitrogens with zero attached hydrogens (tertiary/aromatic N) is 2. The van der Waals surface area contributed by atoms with Gasteiger partial charge in [-0.3, -0.25) is 29.3 Å². The number of imide groups is 2. The molecule has 8 nitrogen and oxygen atoms in total. The fourth-order valence-electron chi connectivity index (χ4n) is 6.27. The molecule has 2 saturated heterocycles. The van der Waals surface area contributed by atoms with Crippen LogP contribution in [0.15, 0.2) is 23.8 Å². The quantitative estimate of drug-likeness (QED) is 0.185. The van der Waals surface area contributed by atoms with Gasteiger partial charge >= 0.3 is 0 Å². The van der Waals surface area contributed by atoms with Crippen LogP contribution in [0.3, 0.4) is 0 Å². The highest BCUT2D eigenvalue weighted by Gasteiger charge is 2.76. The van der Waals surface area contributed by atoms with Gasteiger partial charge in [0.25, 0.3) is 23.6 Å². The summed E-state index contributed by atoms with van der Waals surface area (Å²) in [4.78, 5) is 49.6. The Balaban J connectivity index is 1.78. The van der Waals surface area contributed by atoms with Crippen LogP contribution in [-0.4, -0.2) is 59.1 Å². The number of hydrogen-bond acceptors (Lipinski definition) is 6. The summed E-state index contributed by atoms with van der Waals surface area (Å²) in [6, 6.07) is 3.39. The van der Waals surface area contributed by atoms with Crippen molar-refractivity contribution in [1.29, 1.82) is 0 Å². The molecule has 1 aromatic carbocycles. The van der Waals surface area contributed by atoms with Gasteiger partial charge in [-0.1, -0.05) is 39.7 Å². The Morgan fingerprint density at radius 1 is 1.06 bits per heavy atom. The Kier molecular flexibility index (Phi) is 5.27. The number of amides is 4. The largest absolute Gasteiger partial charge is 0.507 e. The minimum atomic E-state index is -1.89. The molecule has 2 aliphatic heterocycles. The summed E-state index contributed by atoms with van der Waals surface area (Å²) in [6.45, 7) is 3.42. The van der Waals surface area contributed by atoms with Crippen LogP contribution in [0, 0.1) is 31.6 Å². The zero-order chi connectivity index (χ0) is 24.9. The number of alkyl halides is 3. The number of hydroxylamine groups is 2. The molecule has 3 fully saturated rings. The summed E-state index contributed by atoms with van der Waals surface area (Å²) in [6.07, 6.45) is 1.82. The predicted molar refractivity (Wildman–Crippen MR) is 125 cm³/mol. The average Bonchev–Trinajstić information content (AvgIpc) is 3.10. The first-order chi connectivity index (χ1) is 15.9. The van der Waals surface area contributed by atoms with Crippen molar-refractivity contribution >= 4 is 62.8 Å². The van der Waals surface area contributed by atoms with Gasteiger partial charge in [-0.25, -0.2) is 0 Å². The number of aromatic hydroxyl groups is 1. The third-order valence-electron chi connectivity index (χ3n) is 7.84. The molecule has 2 aliphatic carbocycles. The Hall–Kier alpha value is -1.94. The van der Waals surface area contributed by atoms with E-state index in [1.165, 1.54) is 0 Å². The number of carbonyl (C=O) groups is 4. The summed E-state index contributed by atoms with van der Waals surface area (Å²) >= 11 is 17.3. The molecule has 34 heavy (non-hydrogen) atoms. The first-order valence-corrected chi connectivity index (χ1v) is 12.6. The fourth-order valence-corrected chi connectivity index (χ4v) is 7.69. The lowest BCUT2D eigenvalue weighted by atomic mass is 9.56. The van der Waals surface area contributed by atoms with Crippen LogP contribution >= 0.6 is 39.1 Å². The lowest BCUT2D eigenvalue weighted by Gasteiger charge is -2.50. The summed E-state index contributed by atoms with van der Waals surface area (Å²) in [5.41, 5.74) is 2.19. The Morgan fingerprint density at radius 3 is 2.26 bits per heavy atom. The van der Waals surface area contributed by atoms with Gasteiger partial charge in [-0.05, 0) is 49.3 Å². The van der Waals surface area contributed by atoms with Crippen molar-refractivity contribution in [1.82, 2.24) is 9.96 Å². The topological polar surface area (TPSA) is 115 Å². The van der Waals surface area contributed by atoms with E-state index < -0.39 is 57.0 Å². The number of likely N-dealkylation sites (tertiary alicyclic amines) is 1. The van der Waals surface area contributed by atoms with E-state index in [-0.39, 0.29) is 29.1 Å². The summed E-state index contributed by atoms with van der Waals surface area (Å²) in [5.74, 6) is -5.98. The molecule has 4 aliphatic rings. The standard InChI is InChI=1S/C23H21BrCl2N2O6/c1-9-5-11(6-10(2)17(9)29)16-12-3-4-13-15(19(31)28(34)18(13)30)14(12)7-22(25)20(32)27(8-24)21(33)23(16,22)26/h3,5-6,13-16,29,34H,4,7-8H2,1-2H3/t13-,14+,15-,16-,22+,23-/m0/s1. The molecular weight excluding hydrogens is 551 g/mol. The van der Waals surface area contributed by atoms with Crippen LogP contribution < -0.4 is 0 Å². The first-order valence-electron chi connectivity index (χ1n) is 10.8. The average molecular weight is 572 g/mol. The molecule has 4 amide bonds. The van der Waals surface area contributed by atoms with Gasteiger partial charge in [0.05, 0.1) is 17.3 Å². The summed E-state index contributed by atoms with van der Waals surface area (Å²) < 4.78 is 0. The van der Waals surface area contributed by atoms with E-state index in [0.29, 0.717) is 22.3 Å². The lowest BCUT2D eigenvalue weighted by molar-refractivity contribution is -0.173. The molecule has 11 heteroatoms. The third-order valence-corrected chi connectivity index (χ3v) is 9.75. The van der Waals surface area contributed by atoms with E-state index in [9.17, 15) is 29.5 Å². The molecule has 180 valence electrons. The van der Waals surface area contributed by atoms with Gasteiger partial charge in [0, 0.05) is 5.92 Å². The van der Waals surface area contributed by atoms with Gasteiger partial charge in [0.2, 0.25) is 0 Å². The molecule has 0 unspecified atom stereocenters. The van der Waals surface area contributed by atoms with E-state index in [2.05, 4.69) is 15.9 Å². The lowest BCUT2D eigenvalue weighted by Crippen LogP contribution is -2.60. The van der Waals surface area contributed by atoms with Crippen LogP contribution in [0.2, 0.25) is 0 Å². The number of phenolic OH excluding ortho intramolecular Hbond substituents is 1. The summed E-state index contributed by atoms with van der Waals surface area (Å²) in [7, 11) is 0. The monoisotopic (exact) mass is 570 g/mol. The molecule has 2 heterocycles. The minimum absolute atomic E-state index is 0.0953. The molecule has 0 aromatic heterocycles. The Bertz CT molecular complexity index is 1200. The molecule has 1 saturated carbocycles. The zero-order valence-electron chi connectivity index (χ0n) is 18.2. The summed E-state index contributed by atoms with van der Waals surface area (Å²) in [5, 5.41) is 20.5. The maximum absolute atomic E-state index is 13.6. The number of fused-ring (bicyclic) bond motifs is 4. The van der Waals surface area contributed by atoms with E-state index in [4.69, 9.17) is 23.2 Å². The van der Waals surface area contributed by atoms with Crippen molar-refractivity contribution in [3.8, 4) is 5.75 Å². The van der Waals surface area contributed by atoms with Crippen LogP contribution in [-0.2, 0) is 19.2 Å². The number of aryl methyl sites for hydroxylation is 2. The number of phenols is 1. The van der Waals surface area contributed by atoms with E-state index in [1.54, 1.807) is 32.1 Å². The molecule has 0 spiro atoms. The second-order valence-corrected chi connectivity index (χ2v) is 11.2. The van der Waals surface area contributed by atoms with Gasteiger partial charge in [-0.15, -0.1) is 23.2 Å². The van der Waals surface area contributed by atoms with Gasteiger partial charge < -0.3 is 5.11 Å². The number of rotatable bonds is 2. The van der Waals surface area contributed by atoms with Crippen LogP contribution in [0.5, 0.6) is 5.75 Å². The maximum Gasteiger partial charge on any atom is 0.257 e. The molecule has 5 rings (SSSR count). The number of hydrogen-bond donors (Lipinski definition) is 2. The predicted octanol–water partition coefficient (Wildman–Crippen LogP) is 3.11. The fraction of sp³-hybridized carbons (Fsp3) is 0.478. The maximum atomic E-state index is 13.6. The highest BCUT2D eigenvalue weighted by Crippen LogP contribution is 2.65. The van der Waals surface area contributed by atoms with Crippen molar-refractivity contribution in [2.24, 2.45) is 17.8 Å². The van der Waals surface area contributed by atoms with E-state index in [1.807, 2.05) is 0 Å². The number of halogens is 3. The number of allylic oxidation sites excluding steroid dienone is 2. The van der Waals surface area contributed by atoms with Crippen molar-refractivity contribution < 1.29 is 29.5 Å². The minimum Gasteiger partial charge on any atom is -0.507 e. The van der Waals surface area contributed by atoms with Gasteiger partial charge in [-0.2, -0.15) is 5.06 Å². The molecule has 0 radical (unpaired) electrons. The van der Waals surface area contributed by atoms with Gasteiger partial charge in [0.15, 0.2) is 9.75 Å². The number of carbonyl (C=O) groups excluding carboxylic acids is 4. The van der Waals surface area contributed by atoms with Crippen LogP contribution in [0.1, 0.15) is 35.4 Å². The van der Waals surface area contributed by atoms with Crippen molar-refractivity contribution in [3.05, 3.63) is 40.5 Å². The highest BCUT2D eigenvalue weighted by molar-refractivity contribution is 9.09. The normalized spacial score (nSPS) is 37.1. The molecule has 1 aromatic rings. The van der Waals surface area contributed by atoms with Crippen LogP contribution in [0.4, 0.5) is 0 Å². The molecule has 0 bridgehead atoms. The SMILES string of the molecule is Cc1cc([C@H]2C3=CC[C@@H]4C(=O)N(O)C(=O)[C@@H]4[C@@H]3C[C@@]3(Cl)C(=O)N(CBr)C(=O)[C@@]23Cl)cc(C)c1O. The molecular formula is C23H21BrCl2N2O6. The molecule has 2 N–H and O–H groups in total. The number of benzene rings is 1. The van der Waals surface area contributed by atoms with Crippen molar-refractivity contribution in [3.63, 3.8) is 0 Å². The second kappa shape index (κ2) is 7.53.